The van der Waals surface area contributed by atoms with Gasteiger partial charge in [-0.2, -0.15) is 0 Å². The zero-order valence-corrected chi connectivity index (χ0v) is 19.1. The zero-order valence-electron chi connectivity index (χ0n) is 17.6. The van der Waals surface area contributed by atoms with Crippen LogP contribution in [0.15, 0.2) is 6.20 Å². The van der Waals surface area contributed by atoms with E-state index in [9.17, 15) is 14.7 Å². The third-order valence-corrected chi connectivity index (χ3v) is 6.76. The van der Waals surface area contributed by atoms with Gasteiger partial charge in [-0.05, 0) is 19.8 Å². The maximum Gasteiger partial charge on any atom is 0.356 e. The summed E-state index contributed by atoms with van der Waals surface area (Å²) in [6.45, 7) is 5.98. The summed E-state index contributed by atoms with van der Waals surface area (Å²) in [5.41, 5.74) is 1.39. The lowest BCUT2D eigenvalue weighted by Crippen LogP contribution is -2.46. The van der Waals surface area contributed by atoms with Crippen LogP contribution in [0.1, 0.15) is 39.5 Å². The van der Waals surface area contributed by atoms with Gasteiger partial charge in [0.15, 0.2) is 5.69 Å². The van der Waals surface area contributed by atoms with E-state index in [4.69, 9.17) is 23.2 Å². The van der Waals surface area contributed by atoms with E-state index in [1.54, 1.807) is 13.1 Å². The molecule has 0 unspecified atom stereocenters. The topological polar surface area (TPSA) is 126 Å². The molecule has 2 aliphatic heterocycles. The highest BCUT2D eigenvalue weighted by atomic mass is 35.5. The number of carbonyl (C=O) groups is 2. The molecule has 0 radical (unpaired) electrons. The van der Waals surface area contributed by atoms with Gasteiger partial charge in [0.05, 0.1) is 21.9 Å². The summed E-state index contributed by atoms with van der Waals surface area (Å²) in [4.78, 5) is 40.1. The number of aryl methyl sites for hydroxylation is 1. The predicted molar refractivity (Wildman–Crippen MR) is 122 cm³/mol. The van der Waals surface area contributed by atoms with E-state index in [1.807, 2.05) is 9.80 Å². The first kappa shape index (κ1) is 22.6. The molecule has 4 heterocycles. The third-order valence-electron chi connectivity index (χ3n) is 5.81. The van der Waals surface area contributed by atoms with Crippen molar-refractivity contribution < 1.29 is 14.7 Å². The number of aromatic nitrogens is 3. The molecular formula is C20H25Cl2N7O3. The average molecular weight is 482 g/mol. The molecule has 2 saturated heterocycles. The summed E-state index contributed by atoms with van der Waals surface area (Å²) in [5.74, 6) is -0.951. The highest BCUT2D eigenvalue weighted by molar-refractivity contribution is 6.44. The summed E-state index contributed by atoms with van der Waals surface area (Å²) in [6.07, 6.45) is 2.89. The Balaban J connectivity index is 1.41. The van der Waals surface area contributed by atoms with Crippen molar-refractivity contribution in [2.24, 2.45) is 0 Å². The summed E-state index contributed by atoms with van der Waals surface area (Å²) < 4.78 is 0. The number of amides is 1. The SMILES string of the molecule is Cc1[nH]c(C(=O)NC2CCN(c3cnc(N4CCNCC4)nc3C(=O)O)CC2)c(Cl)c1Cl. The number of halogens is 2. The van der Waals surface area contributed by atoms with E-state index < -0.39 is 5.97 Å². The molecule has 0 bridgehead atoms. The Kier molecular flexibility index (Phi) is 6.73. The molecule has 2 aliphatic rings. The lowest BCUT2D eigenvalue weighted by molar-refractivity contribution is 0.0690. The Morgan fingerprint density at radius 1 is 1.12 bits per heavy atom. The van der Waals surface area contributed by atoms with Crippen molar-refractivity contribution in [3.05, 3.63) is 33.3 Å². The number of rotatable bonds is 5. The number of aromatic carboxylic acids is 1. The first-order chi connectivity index (χ1) is 15.3. The Hall–Kier alpha value is -2.56. The fourth-order valence-corrected chi connectivity index (χ4v) is 4.44. The number of nitrogens with zero attached hydrogens (tertiary/aromatic N) is 4. The number of anilines is 2. The molecule has 1 amide bonds. The minimum atomic E-state index is -1.08. The number of carboxylic acids is 1. The second kappa shape index (κ2) is 9.51. The molecular weight excluding hydrogens is 457 g/mol. The van der Waals surface area contributed by atoms with Crippen LogP contribution in [0.4, 0.5) is 11.6 Å². The van der Waals surface area contributed by atoms with E-state index in [-0.39, 0.29) is 28.4 Å². The summed E-state index contributed by atoms with van der Waals surface area (Å²) in [6, 6.07) is -0.0634. The van der Waals surface area contributed by atoms with Crippen LogP contribution in [0.2, 0.25) is 10.0 Å². The summed E-state index contributed by atoms with van der Waals surface area (Å²) in [7, 11) is 0. The number of nitrogens with one attached hydrogen (secondary N) is 3. The maximum atomic E-state index is 12.6. The molecule has 12 heteroatoms. The summed E-state index contributed by atoms with van der Waals surface area (Å²) in [5, 5.41) is 16.5. The fraction of sp³-hybridized carbons (Fsp3) is 0.500. The second-order valence-electron chi connectivity index (χ2n) is 7.93. The van der Waals surface area contributed by atoms with Gasteiger partial charge in [0.25, 0.3) is 5.91 Å². The highest BCUT2D eigenvalue weighted by Crippen LogP contribution is 2.29. The standard InChI is InChI=1S/C20H25Cl2N7O3/c1-11-14(21)15(22)17(25-11)18(30)26-12-2-6-28(7-3-12)13-10-24-20(27-16(13)19(31)32)29-8-4-23-5-9-29/h10,12,23,25H,2-9H2,1H3,(H,26,30)(H,31,32). The smallest absolute Gasteiger partial charge is 0.356 e. The van der Waals surface area contributed by atoms with E-state index >= 15 is 0 Å². The molecule has 4 N–H and O–H groups in total. The number of hydrogen-bond donors (Lipinski definition) is 4. The monoisotopic (exact) mass is 481 g/mol. The van der Waals surface area contributed by atoms with E-state index in [2.05, 4.69) is 25.6 Å². The number of carboxylic acid groups (broad SMARTS) is 1. The van der Waals surface area contributed by atoms with Gasteiger partial charge >= 0.3 is 5.97 Å². The van der Waals surface area contributed by atoms with Gasteiger partial charge in [0.2, 0.25) is 5.95 Å². The summed E-state index contributed by atoms with van der Waals surface area (Å²) >= 11 is 12.2. The number of piperidine rings is 1. The lowest BCUT2D eigenvalue weighted by Gasteiger charge is -2.34. The van der Waals surface area contributed by atoms with E-state index in [0.29, 0.717) is 48.3 Å². The second-order valence-corrected chi connectivity index (χ2v) is 8.69. The average Bonchev–Trinajstić information content (AvgIpc) is 3.07. The number of carbonyl (C=O) groups excluding carboxylic acids is 1. The molecule has 0 aliphatic carbocycles. The molecule has 2 aromatic heterocycles. The van der Waals surface area contributed by atoms with Crippen molar-refractivity contribution in [3.63, 3.8) is 0 Å². The van der Waals surface area contributed by atoms with Crippen molar-refractivity contribution >= 4 is 46.7 Å². The van der Waals surface area contributed by atoms with Crippen molar-refractivity contribution in [1.82, 2.24) is 25.6 Å². The molecule has 0 saturated carbocycles. The van der Waals surface area contributed by atoms with Crippen LogP contribution in [-0.4, -0.2) is 77.2 Å². The van der Waals surface area contributed by atoms with Gasteiger partial charge in [-0.15, -0.1) is 0 Å². The molecule has 0 atom stereocenters. The van der Waals surface area contributed by atoms with Gasteiger partial charge in [-0.25, -0.2) is 14.8 Å². The Bertz CT molecular complexity index is 1010. The quantitative estimate of drug-likeness (QED) is 0.510. The molecule has 172 valence electrons. The predicted octanol–water partition coefficient (Wildman–Crippen LogP) is 1.93. The van der Waals surface area contributed by atoms with Crippen LogP contribution in [0.25, 0.3) is 0 Å². The van der Waals surface area contributed by atoms with Gasteiger partial charge in [-0.1, -0.05) is 23.2 Å². The van der Waals surface area contributed by atoms with Crippen LogP contribution in [-0.2, 0) is 0 Å². The van der Waals surface area contributed by atoms with Gasteiger partial charge < -0.3 is 30.5 Å². The van der Waals surface area contributed by atoms with Gasteiger partial charge in [0.1, 0.15) is 5.69 Å². The minimum absolute atomic E-state index is 0.000646. The number of H-pyrrole nitrogens is 1. The number of piperazine rings is 1. The Labute approximate surface area is 195 Å². The van der Waals surface area contributed by atoms with Crippen LogP contribution in [0, 0.1) is 6.92 Å². The molecule has 2 fully saturated rings. The van der Waals surface area contributed by atoms with Crippen LogP contribution < -0.4 is 20.4 Å². The molecule has 32 heavy (non-hydrogen) atoms. The van der Waals surface area contributed by atoms with Gasteiger partial charge in [0, 0.05) is 51.0 Å². The van der Waals surface area contributed by atoms with E-state index in [1.165, 1.54) is 0 Å². The largest absolute Gasteiger partial charge is 0.476 e. The molecule has 0 spiro atoms. The first-order valence-corrected chi connectivity index (χ1v) is 11.3. The normalized spacial score (nSPS) is 17.5. The first-order valence-electron chi connectivity index (χ1n) is 10.5. The fourth-order valence-electron chi connectivity index (χ4n) is 4.02. The third kappa shape index (κ3) is 4.62. The van der Waals surface area contributed by atoms with Crippen LogP contribution >= 0.6 is 23.2 Å². The Morgan fingerprint density at radius 2 is 1.81 bits per heavy atom. The number of hydrogen-bond acceptors (Lipinski definition) is 7. The number of aromatic amines is 1. The molecule has 2 aromatic rings. The lowest BCUT2D eigenvalue weighted by atomic mass is 10.0. The van der Waals surface area contributed by atoms with Gasteiger partial charge in [-0.3, -0.25) is 4.79 Å². The van der Waals surface area contributed by atoms with Crippen LogP contribution in [0.3, 0.4) is 0 Å². The highest BCUT2D eigenvalue weighted by Gasteiger charge is 2.28. The van der Waals surface area contributed by atoms with Crippen molar-refractivity contribution in [2.75, 3.05) is 49.1 Å². The van der Waals surface area contributed by atoms with Crippen molar-refractivity contribution in [1.29, 1.82) is 0 Å². The van der Waals surface area contributed by atoms with Crippen molar-refractivity contribution in [2.45, 2.75) is 25.8 Å². The van der Waals surface area contributed by atoms with Crippen LogP contribution in [0.5, 0.6) is 0 Å². The van der Waals surface area contributed by atoms with Crippen molar-refractivity contribution in [3.8, 4) is 0 Å². The molecule has 4 rings (SSSR count). The molecule has 0 aromatic carbocycles. The maximum absolute atomic E-state index is 12.6. The molecule has 10 nitrogen and oxygen atoms in total. The minimum Gasteiger partial charge on any atom is -0.476 e. The van der Waals surface area contributed by atoms with E-state index in [0.717, 1.165) is 26.2 Å². The Morgan fingerprint density at radius 3 is 2.41 bits per heavy atom. The zero-order chi connectivity index (χ0) is 22.8.